The zero-order chi connectivity index (χ0) is 18.8. The molecular weight excluding hydrogens is 398 g/mol. The average Bonchev–Trinajstić information content (AvgIpc) is 2.62. The van der Waals surface area contributed by atoms with Crippen molar-refractivity contribution < 1.29 is 14.6 Å². The molecule has 2 atom stereocenters. The van der Waals surface area contributed by atoms with Gasteiger partial charge in [0.1, 0.15) is 23.2 Å². The van der Waals surface area contributed by atoms with Gasteiger partial charge in [0, 0.05) is 24.1 Å². The van der Waals surface area contributed by atoms with Crippen molar-refractivity contribution in [2.45, 2.75) is 30.4 Å². The van der Waals surface area contributed by atoms with Gasteiger partial charge in [0.05, 0.1) is 28.4 Å². The van der Waals surface area contributed by atoms with Crippen LogP contribution in [0.1, 0.15) is 25.5 Å². The number of rotatable bonds is 1. The number of ether oxygens (including phenoxy) is 2. The number of aliphatic hydroxyl groups excluding tert-OH is 1. The summed E-state index contributed by atoms with van der Waals surface area (Å²) in [6.07, 6.45) is -0.825. The normalized spacial score (nSPS) is 21.5. The molecule has 5 nitrogen and oxygen atoms in total. The van der Waals surface area contributed by atoms with E-state index in [0.717, 1.165) is 5.52 Å². The minimum absolute atomic E-state index is 0.114. The molecule has 1 N–H and O–H groups in total. The van der Waals surface area contributed by atoms with E-state index in [1.807, 2.05) is 43.7 Å². The molecule has 1 aromatic heterocycles. The number of aryl methyl sites for hydroxylation is 1. The number of nitrogens with zero attached hydrogens (tertiary/aromatic N) is 1. The summed E-state index contributed by atoms with van der Waals surface area (Å²) in [4.78, 5) is 12.9. The van der Waals surface area contributed by atoms with Gasteiger partial charge in [0.25, 0.3) is 0 Å². The number of pyridine rings is 1. The van der Waals surface area contributed by atoms with E-state index in [1.165, 1.54) is 7.11 Å². The van der Waals surface area contributed by atoms with Gasteiger partial charge in [-0.15, -0.1) is 0 Å². The Morgan fingerprint density at radius 2 is 2.00 bits per heavy atom. The van der Waals surface area contributed by atoms with Crippen LogP contribution in [0.15, 0.2) is 35.1 Å². The molecule has 3 aromatic rings. The first kappa shape index (κ1) is 17.4. The van der Waals surface area contributed by atoms with Gasteiger partial charge < -0.3 is 19.1 Å². The van der Waals surface area contributed by atoms with Crippen LogP contribution in [0.2, 0.25) is 0 Å². The maximum Gasteiger partial charge on any atom is 0.200 e. The molecule has 2 aromatic carbocycles. The average molecular weight is 418 g/mol. The van der Waals surface area contributed by atoms with Crippen molar-refractivity contribution in [3.8, 4) is 11.5 Å². The van der Waals surface area contributed by atoms with Gasteiger partial charge in [0.2, 0.25) is 5.43 Å². The lowest BCUT2D eigenvalue weighted by molar-refractivity contribution is 0.0232. The Hall–Kier alpha value is -2.05. The Balaban J connectivity index is 2.25. The summed E-state index contributed by atoms with van der Waals surface area (Å²) in [6.45, 7) is 3.82. The number of fused-ring (bicyclic) bond motifs is 4. The first-order valence-corrected chi connectivity index (χ1v) is 9.33. The van der Waals surface area contributed by atoms with Crippen LogP contribution < -0.4 is 14.9 Å². The second-order valence-corrected chi connectivity index (χ2v) is 8.16. The molecule has 0 radical (unpaired) electrons. The third-order valence-electron chi connectivity index (χ3n) is 5.17. The molecule has 0 aliphatic carbocycles. The summed E-state index contributed by atoms with van der Waals surface area (Å²) in [5, 5.41) is 12.1. The summed E-state index contributed by atoms with van der Waals surface area (Å²) in [7, 11) is 3.42. The molecule has 1 aliphatic rings. The van der Waals surface area contributed by atoms with Gasteiger partial charge in [-0.1, -0.05) is 28.1 Å². The van der Waals surface area contributed by atoms with Crippen molar-refractivity contribution in [1.82, 2.24) is 4.57 Å². The minimum Gasteiger partial charge on any atom is -0.496 e. The van der Waals surface area contributed by atoms with Gasteiger partial charge in [-0.25, -0.2) is 0 Å². The molecule has 0 saturated heterocycles. The Bertz CT molecular complexity index is 1100. The van der Waals surface area contributed by atoms with Crippen molar-refractivity contribution in [2.75, 3.05) is 7.11 Å². The monoisotopic (exact) mass is 417 g/mol. The minimum atomic E-state index is -0.825. The number of hydrogen-bond donors (Lipinski definition) is 1. The van der Waals surface area contributed by atoms with Gasteiger partial charge in [-0.2, -0.15) is 0 Å². The maximum absolute atomic E-state index is 13.2. The van der Waals surface area contributed by atoms with Gasteiger partial charge in [-0.05, 0) is 26.0 Å². The molecule has 0 unspecified atom stereocenters. The molecule has 6 heteroatoms. The first-order valence-electron chi connectivity index (χ1n) is 8.41. The number of aliphatic hydroxyl groups is 1. The smallest absolute Gasteiger partial charge is 0.200 e. The van der Waals surface area contributed by atoms with Crippen molar-refractivity contribution in [2.24, 2.45) is 7.05 Å². The molecule has 1 aliphatic heterocycles. The van der Waals surface area contributed by atoms with Crippen LogP contribution in [0.4, 0.5) is 0 Å². The number of para-hydroxylation sites is 1. The van der Waals surface area contributed by atoms with Crippen LogP contribution in [0.3, 0.4) is 0 Å². The molecule has 0 saturated carbocycles. The van der Waals surface area contributed by atoms with Gasteiger partial charge in [0.15, 0.2) is 0 Å². The number of halogens is 1. The SMILES string of the molecule is COc1cc2c(c3c1c(=O)c1ccccc1n3C)[C@H](O)[C@@H](Br)C(C)(C)O2. The van der Waals surface area contributed by atoms with Crippen LogP contribution in [0, 0.1) is 0 Å². The van der Waals surface area contributed by atoms with Crippen LogP contribution in [0.25, 0.3) is 21.8 Å². The van der Waals surface area contributed by atoms with Crippen molar-refractivity contribution in [3.05, 3.63) is 46.1 Å². The molecule has 0 amide bonds. The summed E-state index contributed by atoms with van der Waals surface area (Å²) in [5.41, 5.74) is 1.31. The summed E-state index contributed by atoms with van der Waals surface area (Å²) in [5.74, 6) is 0.981. The highest BCUT2D eigenvalue weighted by molar-refractivity contribution is 9.09. The Morgan fingerprint density at radius 3 is 2.69 bits per heavy atom. The summed E-state index contributed by atoms with van der Waals surface area (Å²) < 4.78 is 13.6. The predicted octanol–water partition coefficient (Wildman–Crippen LogP) is 3.67. The third kappa shape index (κ3) is 2.21. The molecule has 0 bridgehead atoms. The lowest BCUT2D eigenvalue weighted by Gasteiger charge is -2.40. The number of aromatic nitrogens is 1. The Labute approximate surface area is 159 Å². The standard InChI is InChI=1S/C20H20BrNO4/c1-20(2)19(21)18(24)15-13(26-20)9-12(25-4)14-16(15)22(3)11-8-6-5-7-10(11)17(14)23/h5-9,18-19,24H,1-4H3/t18-,19+/m0/s1. The highest BCUT2D eigenvalue weighted by atomic mass is 79.9. The molecule has 26 heavy (non-hydrogen) atoms. The van der Waals surface area contributed by atoms with Crippen LogP contribution >= 0.6 is 15.9 Å². The van der Waals surface area contributed by atoms with Crippen molar-refractivity contribution in [1.29, 1.82) is 0 Å². The third-order valence-corrected chi connectivity index (χ3v) is 6.77. The highest BCUT2D eigenvalue weighted by Crippen LogP contribution is 2.48. The predicted molar refractivity (Wildman–Crippen MR) is 106 cm³/mol. The second kappa shape index (κ2) is 5.72. The first-order chi connectivity index (χ1) is 12.3. The lowest BCUT2D eigenvalue weighted by Crippen LogP contribution is -2.45. The fraction of sp³-hybridized carbons (Fsp3) is 0.350. The quantitative estimate of drug-likeness (QED) is 0.484. The Morgan fingerprint density at radius 1 is 1.31 bits per heavy atom. The largest absolute Gasteiger partial charge is 0.496 e. The van der Waals surface area contributed by atoms with Crippen molar-refractivity contribution in [3.63, 3.8) is 0 Å². The van der Waals surface area contributed by atoms with E-state index in [2.05, 4.69) is 15.9 Å². The second-order valence-electron chi connectivity index (χ2n) is 7.17. The molecule has 2 heterocycles. The molecule has 0 fully saturated rings. The van der Waals surface area contributed by atoms with Gasteiger partial charge in [-0.3, -0.25) is 4.79 Å². The number of methoxy groups -OCH3 is 1. The molecule has 136 valence electrons. The van der Waals surface area contributed by atoms with E-state index in [4.69, 9.17) is 9.47 Å². The number of benzene rings is 2. The van der Waals surface area contributed by atoms with Crippen LogP contribution in [0.5, 0.6) is 11.5 Å². The lowest BCUT2D eigenvalue weighted by atomic mass is 9.89. The fourth-order valence-electron chi connectivity index (χ4n) is 3.82. The zero-order valence-electron chi connectivity index (χ0n) is 15.0. The van der Waals surface area contributed by atoms with Crippen LogP contribution in [-0.2, 0) is 7.05 Å². The van der Waals surface area contributed by atoms with Crippen molar-refractivity contribution >= 4 is 37.7 Å². The van der Waals surface area contributed by atoms with E-state index in [9.17, 15) is 9.90 Å². The van der Waals surface area contributed by atoms with E-state index >= 15 is 0 Å². The molecule has 4 rings (SSSR count). The molecular formula is C20H20BrNO4. The van der Waals surface area contributed by atoms with E-state index in [0.29, 0.717) is 33.4 Å². The highest BCUT2D eigenvalue weighted by Gasteiger charge is 2.43. The summed E-state index contributed by atoms with van der Waals surface area (Å²) in [6, 6.07) is 9.14. The van der Waals surface area contributed by atoms with E-state index in [-0.39, 0.29) is 10.3 Å². The van der Waals surface area contributed by atoms with Crippen LogP contribution in [-0.4, -0.2) is 27.2 Å². The van der Waals surface area contributed by atoms with E-state index < -0.39 is 11.7 Å². The number of alkyl halides is 1. The summed E-state index contributed by atoms with van der Waals surface area (Å²) >= 11 is 3.57. The van der Waals surface area contributed by atoms with Gasteiger partial charge >= 0.3 is 0 Å². The van der Waals surface area contributed by atoms with E-state index in [1.54, 1.807) is 12.1 Å². The topological polar surface area (TPSA) is 60.7 Å². The zero-order valence-corrected chi connectivity index (χ0v) is 16.6. The Kier molecular flexibility index (Phi) is 3.82. The maximum atomic E-state index is 13.2. The number of hydrogen-bond acceptors (Lipinski definition) is 4. The fourth-order valence-corrected chi connectivity index (χ4v) is 4.17. The molecule has 0 spiro atoms.